The van der Waals surface area contributed by atoms with Crippen LogP contribution in [0.4, 0.5) is 0 Å². The number of unbranched alkanes of at least 4 members (excludes halogenated alkanes) is 2. The molecule has 6 heteroatoms. The lowest BCUT2D eigenvalue weighted by Gasteiger charge is -2.24. The van der Waals surface area contributed by atoms with E-state index in [2.05, 4.69) is 24.3 Å². The number of aliphatic hydroxyl groups excluding tert-OH is 1. The number of Topliss-reactive ketones (excluding diaryl/α,β-unsaturated/α-hetero) is 1. The van der Waals surface area contributed by atoms with Crippen molar-refractivity contribution in [3.05, 3.63) is 59.7 Å². The Balaban J connectivity index is 1.38. The monoisotopic (exact) mass is 497 g/mol. The number of nitrogens with zero attached hydrogens (tertiary/aromatic N) is 1. The van der Waals surface area contributed by atoms with Gasteiger partial charge in [-0.25, -0.2) is 0 Å². The zero-order valence-electron chi connectivity index (χ0n) is 22.2. The van der Waals surface area contributed by atoms with Crippen molar-refractivity contribution in [3.8, 4) is 11.5 Å². The molecule has 1 fully saturated rings. The summed E-state index contributed by atoms with van der Waals surface area (Å²) in [5, 5.41) is 10.3. The average Bonchev–Trinajstić information content (AvgIpc) is 3.71. The summed E-state index contributed by atoms with van der Waals surface area (Å²) in [4.78, 5) is 13.9. The van der Waals surface area contributed by atoms with E-state index in [0.29, 0.717) is 26.0 Å². The highest BCUT2D eigenvalue weighted by atomic mass is 16.6. The smallest absolute Gasteiger partial charge is 0.155 e. The first-order valence-corrected chi connectivity index (χ1v) is 13.3. The van der Waals surface area contributed by atoms with E-state index in [1.807, 2.05) is 43.3 Å². The van der Waals surface area contributed by atoms with Crippen molar-refractivity contribution in [3.63, 3.8) is 0 Å². The first-order valence-electron chi connectivity index (χ1n) is 13.3. The summed E-state index contributed by atoms with van der Waals surface area (Å²) in [6.45, 7) is 0.969. The Morgan fingerprint density at radius 2 is 1.64 bits per heavy atom. The number of benzene rings is 2. The first-order chi connectivity index (χ1) is 17.4. The maximum Gasteiger partial charge on any atom is 0.155 e. The Hall–Kier alpha value is -2.41. The molecule has 6 nitrogen and oxygen atoms in total. The van der Waals surface area contributed by atoms with E-state index in [1.54, 1.807) is 7.11 Å². The average molecular weight is 498 g/mol. The zero-order valence-corrected chi connectivity index (χ0v) is 22.2. The highest BCUT2D eigenvalue weighted by Crippen LogP contribution is 2.31. The molecule has 0 amide bonds. The van der Waals surface area contributed by atoms with Crippen LogP contribution in [0.15, 0.2) is 48.5 Å². The molecule has 0 heterocycles. The lowest BCUT2D eigenvalue weighted by Crippen LogP contribution is -2.36. The van der Waals surface area contributed by atoms with Crippen LogP contribution in [0.5, 0.6) is 11.5 Å². The number of methoxy groups -OCH3 is 1. The van der Waals surface area contributed by atoms with Gasteiger partial charge < -0.3 is 24.2 Å². The van der Waals surface area contributed by atoms with Crippen LogP contribution in [0.1, 0.15) is 56.1 Å². The van der Waals surface area contributed by atoms with Crippen molar-refractivity contribution in [1.82, 2.24) is 4.90 Å². The molecule has 1 aliphatic rings. The Morgan fingerprint density at radius 3 is 2.25 bits per heavy atom. The Kier molecular flexibility index (Phi) is 11.7. The van der Waals surface area contributed by atoms with E-state index >= 15 is 0 Å². The second-order valence-electron chi connectivity index (χ2n) is 10.1. The third kappa shape index (κ3) is 10.7. The van der Waals surface area contributed by atoms with Gasteiger partial charge in [-0.05, 0) is 88.0 Å². The fraction of sp³-hybridized carbons (Fsp3) is 0.567. The van der Waals surface area contributed by atoms with Crippen molar-refractivity contribution in [2.24, 2.45) is 5.92 Å². The molecule has 0 spiro atoms. The quantitative estimate of drug-likeness (QED) is 0.230. The van der Waals surface area contributed by atoms with E-state index in [0.717, 1.165) is 50.0 Å². The summed E-state index contributed by atoms with van der Waals surface area (Å²) < 4.78 is 17.2. The minimum Gasteiger partial charge on any atom is -0.497 e. The van der Waals surface area contributed by atoms with Crippen LogP contribution >= 0.6 is 0 Å². The molecular formula is C30H43NO5. The molecule has 0 aromatic heterocycles. The van der Waals surface area contributed by atoms with Crippen molar-refractivity contribution in [2.45, 2.75) is 70.2 Å². The number of aliphatic hydroxyl groups is 1. The molecule has 2 aromatic rings. The van der Waals surface area contributed by atoms with Gasteiger partial charge in [0.1, 0.15) is 30.0 Å². The first kappa shape index (κ1) is 28.2. The highest BCUT2D eigenvalue weighted by molar-refractivity contribution is 5.83. The lowest BCUT2D eigenvalue weighted by molar-refractivity contribution is -0.154. The van der Waals surface area contributed by atoms with Crippen molar-refractivity contribution in [1.29, 1.82) is 0 Å². The predicted octanol–water partition coefficient (Wildman–Crippen LogP) is 5.05. The molecule has 3 rings (SSSR count). The molecule has 2 atom stereocenters. The molecule has 2 aromatic carbocycles. The van der Waals surface area contributed by atoms with Gasteiger partial charge in [0.2, 0.25) is 0 Å². The fourth-order valence-corrected chi connectivity index (χ4v) is 4.35. The number of hydrogen-bond acceptors (Lipinski definition) is 6. The minimum atomic E-state index is -0.954. The van der Waals surface area contributed by atoms with Gasteiger partial charge in [-0.3, -0.25) is 4.79 Å². The summed E-state index contributed by atoms with van der Waals surface area (Å²) in [6, 6.07) is 16.5. The van der Waals surface area contributed by atoms with Gasteiger partial charge in [-0.15, -0.1) is 0 Å². The van der Waals surface area contributed by atoms with Crippen LogP contribution in [0, 0.1) is 5.92 Å². The summed E-state index contributed by atoms with van der Waals surface area (Å²) in [5.41, 5.74) is 2.58. The Morgan fingerprint density at radius 1 is 1.00 bits per heavy atom. The lowest BCUT2D eigenvalue weighted by atomic mass is 10.0. The molecule has 1 aliphatic carbocycles. The van der Waals surface area contributed by atoms with E-state index in [1.165, 1.54) is 17.5 Å². The largest absolute Gasteiger partial charge is 0.497 e. The van der Waals surface area contributed by atoms with Gasteiger partial charge in [0.15, 0.2) is 6.29 Å². The number of carbonyl (C=O) groups excluding carboxylic acids is 1. The van der Waals surface area contributed by atoms with Crippen LogP contribution in [0.3, 0.4) is 0 Å². The Labute approximate surface area is 216 Å². The SMILES string of the molecule is COc1cccc(CCCCCc2cccc(OCC(CN(C)C)OC(O)CCC(=O)C3CC3)c2)c1. The van der Waals surface area contributed by atoms with Crippen molar-refractivity contribution in [2.75, 3.05) is 34.4 Å². The number of likely N-dealkylation sites (N-methyl/N-ethyl adjacent to an activating group) is 1. The molecular weight excluding hydrogens is 454 g/mol. The molecule has 2 unspecified atom stereocenters. The summed E-state index contributed by atoms with van der Waals surface area (Å²) in [5.74, 6) is 2.20. The van der Waals surface area contributed by atoms with E-state index in [9.17, 15) is 9.90 Å². The second kappa shape index (κ2) is 15.0. The van der Waals surface area contributed by atoms with Gasteiger partial charge in [-0.1, -0.05) is 30.7 Å². The summed E-state index contributed by atoms with van der Waals surface area (Å²) in [6.07, 6.45) is 7.00. The van der Waals surface area contributed by atoms with Crippen LogP contribution in [-0.2, 0) is 22.4 Å². The number of ether oxygens (including phenoxy) is 3. The molecule has 0 aliphatic heterocycles. The third-order valence-corrected chi connectivity index (χ3v) is 6.49. The van der Waals surface area contributed by atoms with Crippen LogP contribution in [0.2, 0.25) is 0 Å². The number of aryl methyl sites for hydroxylation is 2. The number of carbonyl (C=O) groups is 1. The van der Waals surface area contributed by atoms with Crippen LogP contribution in [-0.4, -0.2) is 62.5 Å². The van der Waals surface area contributed by atoms with Gasteiger partial charge in [0.05, 0.1) is 7.11 Å². The number of ketones is 1. The minimum absolute atomic E-state index is 0.221. The Bertz CT molecular complexity index is 927. The third-order valence-electron chi connectivity index (χ3n) is 6.49. The summed E-state index contributed by atoms with van der Waals surface area (Å²) in [7, 11) is 5.64. The highest BCUT2D eigenvalue weighted by Gasteiger charge is 2.29. The topological polar surface area (TPSA) is 68.2 Å². The fourth-order valence-electron chi connectivity index (χ4n) is 4.35. The standard InChI is InChI=1S/C30H43NO5/c1-31(2)21-28(36-30(33)18-17-29(32)25-15-16-25)22-35-27-14-8-12-24(20-27)10-6-4-5-9-23-11-7-13-26(19-23)34-3/h7-8,11-14,19-20,25,28,30,33H,4-6,9-10,15-18,21-22H2,1-3H3. The van der Waals surface area contributed by atoms with E-state index in [-0.39, 0.29) is 17.8 Å². The normalized spacial score (nSPS) is 15.0. The number of hydrogen-bond donors (Lipinski definition) is 1. The van der Waals surface area contributed by atoms with Gasteiger partial charge in [0, 0.05) is 25.3 Å². The van der Waals surface area contributed by atoms with Gasteiger partial charge >= 0.3 is 0 Å². The van der Waals surface area contributed by atoms with E-state index < -0.39 is 6.29 Å². The molecule has 0 saturated heterocycles. The molecule has 0 bridgehead atoms. The van der Waals surface area contributed by atoms with Crippen LogP contribution < -0.4 is 9.47 Å². The molecule has 1 saturated carbocycles. The predicted molar refractivity (Wildman–Crippen MR) is 143 cm³/mol. The van der Waals surface area contributed by atoms with Gasteiger partial charge in [-0.2, -0.15) is 0 Å². The molecule has 198 valence electrons. The van der Waals surface area contributed by atoms with Crippen molar-refractivity contribution >= 4 is 5.78 Å². The maximum atomic E-state index is 11.9. The van der Waals surface area contributed by atoms with E-state index in [4.69, 9.17) is 14.2 Å². The number of rotatable bonds is 18. The second-order valence-corrected chi connectivity index (χ2v) is 10.1. The maximum absolute atomic E-state index is 11.9. The van der Waals surface area contributed by atoms with Crippen molar-refractivity contribution < 1.29 is 24.1 Å². The molecule has 0 radical (unpaired) electrons. The van der Waals surface area contributed by atoms with Crippen LogP contribution in [0.25, 0.3) is 0 Å². The zero-order chi connectivity index (χ0) is 25.8. The summed E-state index contributed by atoms with van der Waals surface area (Å²) >= 11 is 0. The molecule has 36 heavy (non-hydrogen) atoms. The van der Waals surface area contributed by atoms with Gasteiger partial charge in [0.25, 0.3) is 0 Å². The molecule has 1 N–H and O–H groups in total.